The lowest BCUT2D eigenvalue weighted by atomic mass is 9.87. The Labute approximate surface area is 118 Å². The van der Waals surface area contributed by atoms with Gasteiger partial charge >= 0.3 is 0 Å². The number of likely N-dealkylation sites (tertiary alicyclic amines) is 1. The summed E-state index contributed by atoms with van der Waals surface area (Å²) in [6.45, 7) is 5.32. The molecule has 3 N–H and O–H groups in total. The van der Waals surface area contributed by atoms with E-state index in [1.54, 1.807) is 0 Å². The molecule has 1 aromatic carbocycles. The van der Waals surface area contributed by atoms with Crippen molar-refractivity contribution in [1.82, 2.24) is 4.90 Å². The number of carbonyl (C=O) groups is 2. The lowest BCUT2D eigenvalue weighted by Gasteiger charge is -2.25. The Bertz CT molecular complexity index is 546. The number of rotatable bonds is 2. The number of hydrogen-bond acceptors (Lipinski definition) is 3. The van der Waals surface area contributed by atoms with Crippen molar-refractivity contribution in [2.75, 3.05) is 6.54 Å². The molecule has 2 rings (SSSR count). The zero-order valence-electron chi connectivity index (χ0n) is 12.0. The molecule has 1 aliphatic rings. The molecule has 108 valence electrons. The number of β-amino-alcohol motifs (C(OH)–C–C–N with tert-alkyl or cyclic N) is 1. The number of hydrogen-bond donors (Lipinski definition) is 2. The summed E-state index contributed by atoms with van der Waals surface area (Å²) < 4.78 is 0. The van der Waals surface area contributed by atoms with E-state index in [9.17, 15) is 14.7 Å². The molecule has 2 amide bonds. The molecule has 5 nitrogen and oxygen atoms in total. The molecule has 1 saturated heterocycles. The van der Waals surface area contributed by atoms with Gasteiger partial charge in [-0.15, -0.1) is 0 Å². The van der Waals surface area contributed by atoms with Gasteiger partial charge in [-0.3, -0.25) is 9.59 Å². The Morgan fingerprint density at radius 1 is 1.40 bits per heavy atom. The Morgan fingerprint density at radius 3 is 2.55 bits per heavy atom. The first-order chi connectivity index (χ1) is 9.24. The van der Waals surface area contributed by atoms with Gasteiger partial charge in [0.1, 0.15) is 11.6 Å². The molecule has 5 heteroatoms. The summed E-state index contributed by atoms with van der Waals surface area (Å²) in [6, 6.07) is 5.04. The zero-order chi connectivity index (χ0) is 15.1. The Balaban J connectivity index is 2.44. The smallest absolute Gasteiger partial charge is 0.240 e. The number of carbonyl (C=O) groups excluding carboxylic acids is 2. The maximum atomic E-state index is 11.6. The van der Waals surface area contributed by atoms with Crippen LogP contribution in [0.3, 0.4) is 0 Å². The normalized spacial score (nSPS) is 25.8. The average Bonchev–Trinajstić information content (AvgIpc) is 2.72. The van der Waals surface area contributed by atoms with E-state index in [0.29, 0.717) is 0 Å². The summed E-state index contributed by atoms with van der Waals surface area (Å²) >= 11 is 0. The van der Waals surface area contributed by atoms with Gasteiger partial charge in [0.05, 0.1) is 6.54 Å². The Hall–Kier alpha value is -1.88. The summed E-state index contributed by atoms with van der Waals surface area (Å²) in [6.07, 6.45) is 0.145. The van der Waals surface area contributed by atoms with Crippen LogP contribution in [0.2, 0.25) is 0 Å². The second kappa shape index (κ2) is 4.90. The molecule has 20 heavy (non-hydrogen) atoms. The molecule has 1 fully saturated rings. The fourth-order valence-corrected chi connectivity index (χ4v) is 2.90. The van der Waals surface area contributed by atoms with Crippen LogP contribution in [0.1, 0.15) is 30.0 Å². The van der Waals surface area contributed by atoms with Crippen LogP contribution in [0, 0.1) is 13.8 Å². The van der Waals surface area contributed by atoms with E-state index < -0.39 is 17.6 Å². The number of primary amides is 1. The second-order valence-electron chi connectivity index (χ2n) is 5.62. The predicted molar refractivity (Wildman–Crippen MR) is 74.8 cm³/mol. The molecule has 0 unspecified atom stereocenters. The monoisotopic (exact) mass is 276 g/mol. The molecule has 0 aliphatic carbocycles. The van der Waals surface area contributed by atoms with E-state index in [4.69, 9.17) is 5.73 Å². The molecule has 0 radical (unpaired) electrons. The highest BCUT2D eigenvalue weighted by Crippen LogP contribution is 2.37. The van der Waals surface area contributed by atoms with Crippen LogP contribution < -0.4 is 5.73 Å². The van der Waals surface area contributed by atoms with Gasteiger partial charge in [0, 0.05) is 13.3 Å². The van der Waals surface area contributed by atoms with Crippen LogP contribution in [0.15, 0.2) is 18.2 Å². The third kappa shape index (κ3) is 2.41. The van der Waals surface area contributed by atoms with E-state index in [2.05, 4.69) is 0 Å². The van der Waals surface area contributed by atoms with Gasteiger partial charge < -0.3 is 15.7 Å². The van der Waals surface area contributed by atoms with Crippen molar-refractivity contribution in [3.05, 3.63) is 34.9 Å². The number of nitrogens with two attached hydrogens (primary N) is 1. The van der Waals surface area contributed by atoms with E-state index in [0.717, 1.165) is 16.7 Å². The van der Waals surface area contributed by atoms with Gasteiger partial charge in [0.15, 0.2) is 0 Å². The minimum absolute atomic E-state index is 0.0975. The van der Waals surface area contributed by atoms with Crippen LogP contribution >= 0.6 is 0 Å². The molecule has 1 heterocycles. The summed E-state index contributed by atoms with van der Waals surface area (Å²) in [5, 5.41) is 10.9. The van der Waals surface area contributed by atoms with Crippen molar-refractivity contribution in [3.8, 4) is 0 Å². The summed E-state index contributed by atoms with van der Waals surface area (Å²) in [7, 11) is 0. The van der Waals surface area contributed by atoms with Crippen molar-refractivity contribution in [3.63, 3.8) is 0 Å². The van der Waals surface area contributed by atoms with Crippen LogP contribution in [-0.4, -0.2) is 34.4 Å². The number of aliphatic hydroxyl groups is 1. The number of benzene rings is 1. The number of amides is 2. The molecule has 1 aliphatic heterocycles. The molecule has 0 aromatic heterocycles. The maximum Gasteiger partial charge on any atom is 0.240 e. The van der Waals surface area contributed by atoms with Gasteiger partial charge in [-0.1, -0.05) is 23.8 Å². The summed E-state index contributed by atoms with van der Waals surface area (Å²) in [5.74, 6) is -0.837. The van der Waals surface area contributed by atoms with Crippen molar-refractivity contribution >= 4 is 11.8 Å². The summed E-state index contributed by atoms with van der Waals surface area (Å²) in [5.41, 5.74) is 6.85. The molecule has 0 bridgehead atoms. The van der Waals surface area contributed by atoms with E-state index in [1.807, 2.05) is 32.0 Å². The predicted octanol–water partition coefficient (Wildman–Crippen LogP) is 0.597. The van der Waals surface area contributed by atoms with Gasteiger partial charge in [0.2, 0.25) is 11.8 Å². The SMILES string of the molecule is CC(=O)N1C[C@](O)(c2cc(C)ccc2C)C[C@H]1C(N)=O. The zero-order valence-corrected chi connectivity index (χ0v) is 12.0. The Kier molecular flexibility index (Phi) is 3.56. The van der Waals surface area contributed by atoms with Crippen molar-refractivity contribution in [2.24, 2.45) is 5.73 Å². The van der Waals surface area contributed by atoms with E-state index in [-0.39, 0.29) is 18.9 Å². The van der Waals surface area contributed by atoms with Crippen LogP contribution in [0.5, 0.6) is 0 Å². The first-order valence-corrected chi connectivity index (χ1v) is 6.61. The third-order valence-electron chi connectivity index (χ3n) is 3.97. The fourth-order valence-electron chi connectivity index (χ4n) is 2.90. The molecule has 0 saturated carbocycles. The van der Waals surface area contributed by atoms with Gasteiger partial charge in [-0.2, -0.15) is 0 Å². The number of nitrogens with zero attached hydrogens (tertiary/aromatic N) is 1. The van der Waals surface area contributed by atoms with E-state index in [1.165, 1.54) is 11.8 Å². The first-order valence-electron chi connectivity index (χ1n) is 6.61. The lowest BCUT2D eigenvalue weighted by molar-refractivity contribution is -0.135. The minimum Gasteiger partial charge on any atom is -0.383 e. The quantitative estimate of drug-likeness (QED) is 0.829. The standard InChI is InChI=1S/C15H20N2O3/c1-9-4-5-10(2)12(6-9)15(20)7-13(14(16)19)17(8-15)11(3)18/h4-6,13,20H,7-8H2,1-3H3,(H2,16,19)/t13-,15-/m0/s1. The maximum absolute atomic E-state index is 11.6. The first kappa shape index (κ1) is 14.5. The third-order valence-corrected chi connectivity index (χ3v) is 3.97. The van der Waals surface area contributed by atoms with Crippen molar-refractivity contribution in [2.45, 2.75) is 38.8 Å². The highest BCUT2D eigenvalue weighted by atomic mass is 16.3. The molecular weight excluding hydrogens is 256 g/mol. The van der Waals surface area contributed by atoms with Gasteiger partial charge in [-0.25, -0.2) is 0 Å². The Morgan fingerprint density at radius 2 is 2.05 bits per heavy atom. The topological polar surface area (TPSA) is 83.6 Å². The largest absolute Gasteiger partial charge is 0.383 e. The molecule has 1 aromatic rings. The minimum atomic E-state index is -1.22. The van der Waals surface area contributed by atoms with Crippen LogP contribution in [0.25, 0.3) is 0 Å². The second-order valence-corrected chi connectivity index (χ2v) is 5.62. The molecule has 0 spiro atoms. The van der Waals surface area contributed by atoms with Crippen molar-refractivity contribution < 1.29 is 14.7 Å². The van der Waals surface area contributed by atoms with Gasteiger partial charge in [-0.05, 0) is 25.0 Å². The highest BCUT2D eigenvalue weighted by molar-refractivity contribution is 5.86. The highest BCUT2D eigenvalue weighted by Gasteiger charge is 2.47. The van der Waals surface area contributed by atoms with E-state index >= 15 is 0 Å². The summed E-state index contributed by atoms with van der Waals surface area (Å²) in [4.78, 5) is 24.5. The molecular formula is C15H20N2O3. The van der Waals surface area contributed by atoms with Crippen LogP contribution in [0.4, 0.5) is 0 Å². The van der Waals surface area contributed by atoms with Crippen molar-refractivity contribution in [1.29, 1.82) is 0 Å². The van der Waals surface area contributed by atoms with Gasteiger partial charge in [0.25, 0.3) is 0 Å². The van der Waals surface area contributed by atoms with Crippen LogP contribution in [-0.2, 0) is 15.2 Å². The number of aryl methyl sites for hydroxylation is 2. The fraction of sp³-hybridized carbons (Fsp3) is 0.467. The average molecular weight is 276 g/mol. The molecule has 2 atom stereocenters. The lowest BCUT2D eigenvalue weighted by Crippen LogP contribution is -2.42.